The highest BCUT2D eigenvalue weighted by molar-refractivity contribution is 7.92. The molecule has 1 saturated heterocycles. The molecule has 1 saturated carbocycles. The Labute approximate surface area is 220 Å². The molecule has 2 N–H and O–H groups in total. The summed E-state index contributed by atoms with van der Waals surface area (Å²) in [5.74, 6) is -0.692. The summed E-state index contributed by atoms with van der Waals surface area (Å²) >= 11 is 6.15. The molecule has 192 valence electrons. The number of halogens is 1. The van der Waals surface area contributed by atoms with Crippen molar-refractivity contribution in [1.82, 2.24) is 14.6 Å². The van der Waals surface area contributed by atoms with Crippen LogP contribution in [0.25, 0.3) is 11.3 Å². The van der Waals surface area contributed by atoms with Crippen molar-refractivity contribution in [2.45, 2.75) is 45.9 Å². The number of sulfonamides is 1. The average molecular weight is 559 g/mol. The average Bonchev–Trinajstić information content (AvgIpc) is 3.27. The van der Waals surface area contributed by atoms with Crippen LogP contribution in [0.4, 0.5) is 0 Å². The van der Waals surface area contributed by atoms with E-state index in [1.165, 1.54) is 30.3 Å². The lowest BCUT2D eigenvalue weighted by Crippen LogP contribution is -2.49. The highest BCUT2D eigenvalue weighted by Gasteiger charge is 2.52. The number of hydrogen-bond donors (Lipinski definition) is 2. The molecule has 5 rings (SSSR count). The lowest BCUT2D eigenvalue weighted by Gasteiger charge is -2.24. The van der Waals surface area contributed by atoms with Gasteiger partial charge in [0, 0.05) is 18.4 Å². The molecule has 2 aromatic carbocycles. The molecule has 0 radical (unpaired) electrons. The SMILES string of the molecule is N#CC1(NC(=O)[C@@H]2C[C@@H](S(=O)(=O)c3ccccc3Cl)CN2S(=O)(=O)c2ccc(-c3ccc[nH]3)cc2)CC1. The first-order valence-corrected chi connectivity index (χ1v) is 14.9. The van der Waals surface area contributed by atoms with Gasteiger partial charge in [0.2, 0.25) is 15.9 Å². The predicted molar refractivity (Wildman–Crippen MR) is 137 cm³/mol. The fourth-order valence-electron chi connectivity index (χ4n) is 4.51. The Hall–Kier alpha value is -3.17. The van der Waals surface area contributed by atoms with Crippen molar-refractivity contribution in [2.75, 3.05) is 6.54 Å². The van der Waals surface area contributed by atoms with E-state index < -0.39 is 49.1 Å². The van der Waals surface area contributed by atoms with E-state index in [1.807, 2.05) is 18.2 Å². The van der Waals surface area contributed by atoms with Crippen LogP contribution in [0.5, 0.6) is 0 Å². The zero-order chi connectivity index (χ0) is 26.4. The van der Waals surface area contributed by atoms with Crippen molar-refractivity contribution in [3.8, 4) is 17.3 Å². The molecule has 3 aromatic rings. The molecule has 1 aromatic heterocycles. The molecule has 0 bridgehead atoms. The molecule has 2 heterocycles. The van der Waals surface area contributed by atoms with Crippen LogP contribution in [-0.4, -0.2) is 55.4 Å². The molecule has 2 fully saturated rings. The van der Waals surface area contributed by atoms with Crippen LogP contribution < -0.4 is 5.32 Å². The lowest BCUT2D eigenvalue weighted by molar-refractivity contribution is -0.124. The van der Waals surface area contributed by atoms with Crippen LogP contribution in [0.15, 0.2) is 76.7 Å². The second-order valence-electron chi connectivity index (χ2n) is 9.21. The van der Waals surface area contributed by atoms with E-state index in [-0.39, 0.29) is 21.2 Å². The Balaban J connectivity index is 1.50. The molecular formula is C25H23ClN4O5S2. The number of rotatable bonds is 7. The molecule has 1 amide bonds. The summed E-state index contributed by atoms with van der Waals surface area (Å²) in [6, 6.07) is 16.5. The normalized spacial score (nSPS) is 21.3. The van der Waals surface area contributed by atoms with Gasteiger partial charge >= 0.3 is 0 Å². The van der Waals surface area contributed by atoms with Crippen LogP contribution in [-0.2, 0) is 24.7 Å². The predicted octanol–water partition coefficient (Wildman–Crippen LogP) is 3.11. The van der Waals surface area contributed by atoms with Crippen molar-refractivity contribution in [3.05, 3.63) is 71.9 Å². The summed E-state index contributed by atoms with van der Waals surface area (Å²) in [6.07, 6.45) is 2.40. The Bertz CT molecular complexity index is 1590. The first-order valence-electron chi connectivity index (χ1n) is 11.5. The zero-order valence-corrected chi connectivity index (χ0v) is 21.9. The Kier molecular flexibility index (Phi) is 6.40. The summed E-state index contributed by atoms with van der Waals surface area (Å²) < 4.78 is 55.3. The Morgan fingerprint density at radius 1 is 1.05 bits per heavy atom. The monoisotopic (exact) mass is 558 g/mol. The Morgan fingerprint density at radius 2 is 1.76 bits per heavy atom. The van der Waals surface area contributed by atoms with Gasteiger partial charge in [-0.2, -0.15) is 9.57 Å². The second-order valence-corrected chi connectivity index (χ2v) is 13.7. The number of nitrogens with one attached hydrogen (secondary N) is 2. The molecule has 2 aliphatic rings. The van der Waals surface area contributed by atoms with Gasteiger partial charge < -0.3 is 10.3 Å². The topological polar surface area (TPSA) is 140 Å². The van der Waals surface area contributed by atoms with Gasteiger partial charge in [0.05, 0.1) is 26.1 Å². The van der Waals surface area contributed by atoms with Crippen LogP contribution in [0.1, 0.15) is 19.3 Å². The van der Waals surface area contributed by atoms with Crippen LogP contribution in [0.3, 0.4) is 0 Å². The van der Waals surface area contributed by atoms with Crippen molar-refractivity contribution in [2.24, 2.45) is 0 Å². The van der Waals surface area contributed by atoms with E-state index in [0.29, 0.717) is 12.8 Å². The van der Waals surface area contributed by atoms with Gasteiger partial charge in [-0.3, -0.25) is 4.79 Å². The molecule has 37 heavy (non-hydrogen) atoms. The van der Waals surface area contributed by atoms with Gasteiger partial charge in [-0.15, -0.1) is 0 Å². The van der Waals surface area contributed by atoms with Crippen molar-refractivity contribution in [1.29, 1.82) is 5.26 Å². The summed E-state index contributed by atoms with van der Waals surface area (Å²) in [7, 11) is -8.33. The minimum atomic E-state index is -4.26. The Morgan fingerprint density at radius 3 is 2.35 bits per heavy atom. The van der Waals surface area contributed by atoms with Gasteiger partial charge in [0.15, 0.2) is 9.84 Å². The zero-order valence-electron chi connectivity index (χ0n) is 19.5. The minimum absolute atomic E-state index is 0.0196. The van der Waals surface area contributed by atoms with Gasteiger partial charge in [-0.25, -0.2) is 16.8 Å². The molecule has 1 aliphatic heterocycles. The van der Waals surface area contributed by atoms with E-state index in [0.717, 1.165) is 15.6 Å². The number of nitrogens with zero attached hydrogens (tertiary/aromatic N) is 2. The molecule has 2 atom stereocenters. The number of aromatic nitrogens is 1. The number of carbonyl (C=O) groups is 1. The number of amides is 1. The number of sulfone groups is 1. The quantitative estimate of drug-likeness (QED) is 0.456. The number of aromatic amines is 1. The minimum Gasteiger partial charge on any atom is -0.361 e. The third-order valence-electron chi connectivity index (χ3n) is 6.80. The van der Waals surface area contributed by atoms with E-state index in [1.54, 1.807) is 24.4 Å². The molecular weight excluding hydrogens is 536 g/mol. The maximum Gasteiger partial charge on any atom is 0.243 e. The largest absolute Gasteiger partial charge is 0.361 e. The van der Waals surface area contributed by atoms with E-state index in [4.69, 9.17) is 11.6 Å². The second kappa shape index (κ2) is 9.29. The van der Waals surface area contributed by atoms with Crippen molar-refractivity contribution >= 4 is 37.4 Å². The van der Waals surface area contributed by atoms with Crippen LogP contribution >= 0.6 is 11.6 Å². The highest BCUT2D eigenvalue weighted by atomic mass is 35.5. The van der Waals surface area contributed by atoms with E-state index >= 15 is 0 Å². The number of hydrogen-bond acceptors (Lipinski definition) is 6. The summed E-state index contributed by atoms with van der Waals surface area (Å²) in [5, 5.41) is 10.9. The number of benzene rings is 2. The lowest BCUT2D eigenvalue weighted by atomic mass is 10.2. The first-order chi connectivity index (χ1) is 17.6. The van der Waals surface area contributed by atoms with Gasteiger partial charge in [-0.05, 0) is 61.2 Å². The molecule has 1 aliphatic carbocycles. The molecule has 0 spiro atoms. The third-order valence-corrected chi connectivity index (χ3v) is 11.3. The van der Waals surface area contributed by atoms with Crippen molar-refractivity contribution in [3.63, 3.8) is 0 Å². The third kappa shape index (κ3) is 4.66. The van der Waals surface area contributed by atoms with E-state index in [2.05, 4.69) is 10.3 Å². The van der Waals surface area contributed by atoms with Crippen LogP contribution in [0.2, 0.25) is 5.02 Å². The fraction of sp³-hybridized carbons (Fsp3) is 0.280. The number of H-pyrrole nitrogens is 1. The molecule has 9 nitrogen and oxygen atoms in total. The summed E-state index contributed by atoms with van der Waals surface area (Å²) in [6.45, 7) is -0.425. The number of carbonyl (C=O) groups excluding carboxylic acids is 1. The smallest absolute Gasteiger partial charge is 0.243 e. The maximum atomic E-state index is 13.7. The first kappa shape index (κ1) is 25.5. The summed E-state index contributed by atoms with van der Waals surface area (Å²) in [5.41, 5.74) is 0.534. The van der Waals surface area contributed by atoms with E-state index in [9.17, 15) is 26.9 Å². The summed E-state index contributed by atoms with van der Waals surface area (Å²) in [4.78, 5) is 16.1. The highest BCUT2D eigenvalue weighted by Crippen LogP contribution is 2.38. The van der Waals surface area contributed by atoms with Crippen molar-refractivity contribution < 1.29 is 21.6 Å². The fourth-order valence-corrected chi connectivity index (χ4v) is 8.47. The molecule has 0 unspecified atom stereocenters. The number of nitriles is 1. The molecule has 12 heteroatoms. The standard InChI is InChI=1S/C25H23ClN4O5S2/c26-20-4-1-2-6-23(20)36(32,33)19-14-22(24(31)29-25(16-27)11-12-25)30(15-19)37(34,35)18-9-7-17(8-10-18)21-5-3-13-28-21/h1-10,13,19,22,28H,11-12,14-15H2,(H,29,31)/t19-,22+/m1/s1. The van der Waals surface area contributed by atoms with Crippen LogP contribution in [0, 0.1) is 11.3 Å². The van der Waals surface area contributed by atoms with Gasteiger partial charge in [0.1, 0.15) is 11.6 Å². The van der Waals surface area contributed by atoms with Gasteiger partial charge in [0.25, 0.3) is 0 Å². The van der Waals surface area contributed by atoms with Gasteiger partial charge in [-0.1, -0.05) is 35.9 Å². The maximum absolute atomic E-state index is 13.7.